The number of carbonyl (C=O) groups is 1. The molecule has 28 heavy (non-hydrogen) atoms. The van der Waals surface area contributed by atoms with E-state index in [1.807, 2.05) is 60.7 Å². The zero-order valence-corrected chi connectivity index (χ0v) is 15.7. The molecule has 0 saturated heterocycles. The molecular weight excluding hydrogens is 356 g/mol. The zero-order valence-electron chi connectivity index (χ0n) is 15.7. The second-order valence-electron chi connectivity index (χ2n) is 6.48. The van der Waals surface area contributed by atoms with Crippen molar-refractivity contribution >= 4 is 5.97 Å². The fraction of sp³-hybridized carbons (Fsp3) is 0.273. The van der Waals surface area contributed by atoms with Crippen LogP contribution in [0.3, 0.4) is 0 Å². The number of hydrogen-bond donors (Lipinski definition) is 2. The van der Waals surface area contributed by atoms with Crippen molar-refractivity contribution in [2.24, 2.45) is 5.92 Å². The lowest BCUT2D eigenvalue weighted by molar-refractivity contribution is 0.0520. The third kappa shape index (κ3) is 4.30. The van der Waals surface area contributed by atoms with Gasteiger partial charge in [-0.05, 0) is 12.5 Å². The summed E-state index contributed by atoms with van der Waals surface area (Å²) in [6.45, 7) is 2.08. The summed E-state index contributed by atoms with van der Waals surface area (Å²) in [5, 5.41) is 20.6. The molecule has 0 aliphatic rings. The monoisotopic (exact) mass is 380 g/mol. The Morgan fingerprint density at radius 3 is 2.36 bits per heavy atom. The van der Waals surface area contributed by atoms with Crippen LogP contribution in [0, 0.1) is 5.92 Å². The molecule has 6 heteroatoms. The molecule has 6 nitrogen and oxygen atoms in total. The Balaban J connectivity index is 1.95. The molecule has 0 saturated carbocycles. The lowest BCUT2D eigenvalue weighted by Crippen LogP contribution is -2.22. The largest absolute Gasteiger partial charge is 0.461 e. The van der Waals surface area contributed by atoms with Crippen LogP contribution in [-0.4, -0.2) is 38.9 Å². The summed E-state index contributed by atoms with van der Waals surface area (Å²) in [5.74, 6) is -0.960. The third-order valence-electron chi connectivity index (χ3n) is 4.61. The molecule has 0 amide bonds. The number of rotatable bonds is 8. The van der Waals surface area contributed by atoms with Gasteiger partial charge >= 0.3 is 5.97 Å². The minimum Gasteiger partial charge on any atom is -0.461 e. The summed E-state index contributed by atoms with van der Waals surface area (Å²) in [4.78, 5) is 16.6. The van der Waals surface area contributed by atoms with E-state index in [4.69, 9.17) is 4.74 Å². The summed E-state index contributed by atoms with van der Waals surface area (Å²) in [5.41, 5.74) is 2.37. The average molecular weight is 380 g/mol. The fourth-order valence-corrected chi connectivity index (χ4v) is 3.20. The number of aliphatic hydroxyl groups excluding tert-OH is 2. The molecule has 0 unspecified atom stereocenters. The van der Waals surface area contributed by atoms with Gasteiger partial charge in [-0.25, -0.2) is 9.78 Å². The Hall–Kier alpha value is -2.96. The first-order valence-corrected chi connectivity index (χ1v) is 9.27. The SMILES string of the molecule is CCOC(=O)c1ncn(C[C@@H](CO)[C@@H](O)c2ccccc2)c1-c1ccccc1. The van der Waals surface area contributed by atoms with Crippen molar-refractivity contribution in [3.05, 3.63) is 78.2 Å². The van der Waals surface area contributed by atoms with Crippen LogP contribution < -0.4 is 0 Å². The Kier molecular flexibility index (Phi) is 6.57. The van der Waals surface area contributed by atoms with Crippen LogP contribution in [0.1, 0.15) is 29.1 Å². The van der Waals surface area contributed by atoms with Crippen molar-refractivity contribution in [3.8, 4) is 11.3 Å². The van der Waals surface area contributed by atoms with E-state index in [9.17, 15) is 15.0 Å². The standard InChI is InChI=1S/C22H24N2O4/c1-2-28-22(27)19-20(16-9-5-3-6-10-16)24(15-23-19)13-18(14-25)21(26)17-11-7-4-8-12-17/h3-12,15,18,21,25-26H,2,13-14H2,1H3/t18-,21-/m0/s1. The topological polar surface area (TPSA) is 84.6 Å². The van der Waals surface area contributed by atoms with E-state index in [1.165, 1.54) is 0 Å². The molecule has 2 aromatic carbocycles. The Morgan fingerprint density at radius 1 is 1.11 bits per heavy atom. The summed E-state index contributed by atoms with van der Waals surface area (Å²) in [6.07, 6.45) is 0.706. The maximum atomic E-state index is 12.4. The van der Waals surface area contributed by atoms with Crippen LogP contribution in [0.2, 0.25) is 0 Å². The molecular formula is C22H24N2O4. The molecule has 0 spiro atoms. The second-order valence-corrected chi connectivity index (χ2v) is 6.48. The van der Waals surface area contributed by atoms with Crippen LogP contribution >= 0.6 is 0 Å². The molecule has 1 heterocycles. The van der Waals surface area contributed by atoms with Gasteiger partial charge in [0.05, 0.1) is 31.3 Å². The van der Waals surface area contributed by atoms with Crippen LogP contribution in [-0.2, 0) is 11.3 Å². The van der Waals surface area contributed by atoms with Crippen molar-refractivity contribution in [3.63, 3.8) is 0 Å². The van der Waals surface area contributed by atoms with Gasteiger partial charge in [-0.15, -0.1) is 0 Å². The van der Waals surface area contributed by atoms with Crippen molar-refractivity contribution in [2.45, 2.75) is 19.6 Å². The molecule has 0 bridgehead atoms. The zero-order chi connectivity index (χ0) is 19.9. The molecule has 146 valence electrons. The van der Waals surface area contributed by atoms with E-state index in [-0.39, 0.29) is 18.9 Å². The van der Waals surface area contributed by atoms with Crippen LogP contribution in [0.4, 0.5) is 0 Å². The Morgan fingerprint density at radius 2 is 1.75 bits per heavy atom. The number of nitrogens with zero attached hydrogens (tertiary/aromatic N) is 2. The van der Waals surface area contributed by atoms with Crippen LogP contribution in [0.25, 0.3) is 11.3 Å². The smallest absolute Gasteiger partial charge is 0.359 e. The van der Waals surface area contributed by atoms with Gasteiger partial charge in [-0.2, -0.15) is 0 Å². The minimum absolute atomic E-state index is 0.211. The second kappa shape index (κ2) is 9.30. The van der Waals surface area contributed by atoms with Gasteiger partial charge in [0.15, 0.2) is 5.69 Å². The highest BCUT2D eigenvalue weighted by molar-refractivity contribution is 5.94. The lowest BCUT2D eigenvalue weighted by Gasteiger charge is -2.23. The quantitative estimate of drug-likeness (QED) is 0.587. The number of esters is 1. The van der Waals surface area contributed by atoms with E-state index < -0.39 is 18.0 Å². The maximum Gasteiger partial charge on any atom is 0.359 e. The average Bonchev–Trinajstić information content (AvgIpc) is 3.16. The highest BCUT2D eigenvalue weighted by Crippen LogP contribution is 2.28. The third-order valence-corrected chi connectivity index (χ3v) is 4.61. The molecule has 1 aromatic heterocycles. The molecule has 0 aliphatic carbocycles. The molecule has 3 aromatic rings. The minimum atomic E-state index is -0.844. The number of aromatic nitrogens is 2. The van der Waals surface area contributed by atoms with Gasteiger partial charge in [0.1, 0.15) is 0 Å². The van der Waals surface area contributed by atoms with Crippen molar-refractivity contribution in [1.82, 2.24) is 9.55 Å². The predicted octanol–water partition coefficient (Wildman–Crippen LogP) is 3.07. The predicted molar refractivity (Wildman–Crippen MR) is 106 cm³/mol. The van der Waals surface area contributed by atoms with Crippen LogP contribution in [0.15, 0.2) is 67.0 Å². The first kappa shape index (κ1) is 19.8. The number of carbonyl (C=O) groups excluding carboxylic acids is 1. The van der Waals surface area contributed by atoms with E-state index >= 15 is 0 Å². The van der Waals surface area contributed by atoms with Gasteiger partial charge in [0.2, 0.25) is 0 Å². The molecule has 2 N–H and O–H groups in total. The number of aliphatic hydroxyl groups is 2. The van der Waals surface area contributed by atoms with Crippen molar-refractivity contribution < 1.29 is 19.7 Å². The van der Waals surface area contributed by atoms with E-state index in [0.29, 0.717) is 12.2 Å². The van der Waals surface area contributed by atoms with Gasteiger partial charge in [0.25, 0.3) is 0 Å². The maximum absolute atomic E-state index is 12.4. The Labute approximate surface area is 164 Å². The highest BCUT2D eigenvalue weighted by Gasteiger charge is 2.25. The van der Waals surface area contributed by atoms with Gasteiger partial charge < -0.3 is 19.5 Å². The molecule has 0 aliphatic heterocycles. The van der Waals surface area contributed by atoms with Gasteiger partial charge in [0, 0.05) is 18.0 Å². The number of imidazole rings is 1. The van der Waals surface area contributed by atoms with Crippen LogP contribution in [0.5, 0.6) is 0 Å². The first-order chi connectivity index (χ1) is 13.7. The van der Waals surface area contributed by atoms with Gasteiger partial charge in [-0.3, -0.25) is 0 Å². The van der Waals surface area contributed by atoms with E-state index in [2.05, 4.69) is 4.98 Å². The molecule has 3 rings (SSSR count). The summed E-state index contributed by atoms with van der Waals surface area (Å²) < 4.78 is 6.92. The lowest BCUT2D eigenvalue weighted by atomic mass is 9.96. The fourth-order valence-electron chi connectivity index (χ4n) is 3.20. The number of hydrogen-bond acceptors (Lipinski definition) is 5. The Bertz CT molecular complexity index is 893. The van der Waals surface area contributed by atoms with Gasteiger partial charge in [-0.1, -0.05) is 60.7 Å². The highest BCUT2D eigenvalue weighted by atomic mass is 16.5. The van der Waals surface area contributed by atoms with Crippen molar-refractivity contribution in [2.75, 3.05) is 13.2 Å². The van der Waals surface area contributed by atoms with E-state index in [1.54, 1.807) is 17.8 Å². The molecule has 0 fully saturated rings. The number of ether oxygens (including phenoxy) is 1. The number of benzene rings is 2. The summed E-state index contributed by atoms with van der Waals surface area (Å²) >= 11 is 0. The van der Waals surface area contributed by atoms with Crippen molar-refractivity contribution in [1.29, 1.82) is 0 Å². The van der Waals surface area contributed by atoms with E-state index in [0.717, 1.165) is 11.1 Å². The summed E-state index contributed by atoms with van der Waals surface area (Å²) in [7, 11) is 0. The molecule has 0 radical (unpaired) electrons. The normalized spacial score (nSPS) is 13.1. The first-order valence-electron chi connectivity index (χ1n) is 9.27. The summed E-state index contributed by atoms with van der Waals surface area (Å²) in [6, 6.07) is 18.6. The molecule has 2 atom stereocenters.